The fraction of sp³-hybridized carbons (Fsp3) is 0.417. The van der Waals surface area contributed by atoms with Gasteiger partial charge in [-0.25, -0.2) is 4.79 Å². The van der Waals surface area contributed by atoms with Crippen molar-refractivity contribution in [3.8, 4) is 5.75 Å². The van der Waals surface area contributed by atoms with Gasteiger partial charge in [-0.3, -0.25) is 9.69 Å². The topological polar surface area (TPSA) is 70.7 Å². The van der Waals surface area contributed by atoms with E-state index in [0.717, 1.165) is 31.4 Å². The van der Waals surface area contributed by atoms with Crippen LogP contribution in [0.25, 0.3) is 0 Å². The number of benzene rings is 2. The molecule has 8 heteroatoms. The third kappa shape index (κ3) is 6.78. The number of halogens is 2. The Morgan fingerprint density at radius 1 is 1.03 bits per heavy atom. The Hall–Kier alpha value is -2.44. The molecule has 0 saturated heterocycles. The van der Waals surface area contributed by atoms with E-state index in [1.807, 2.05) is 12.1 Å². The predicted molar refractivity (Wildman–Crippen MR) is 130 cm³/mol. The standard InChI is InChI=1S/C24H29Cl2N3O3/c1-32-20-11-9-19(10-12-20)29(24(31)28-18-8-13-21(25)22(26)16-18)15-5-14-27-23(30)17-6-3-2-4-7-17/h8-13,16-17H,2-7,14-15H2,1H3,(H,27,30)(H,28,31). The van der Waals surface area contributed by atoms with Gasteiger partial charge in [-0.1, -0.05) is 42.5 Å². The van der Waals surface area contributed by atoms with E-state index in [0.29, 0.717) is 41.0 Å². The molecular weight excluding hydrogens is 449 g/mol. The SMILES string of the molecule is COc1ccc(N(CCCNC(=O)C2CCCCC2)C(=O)Nc2ccc(Cl)c(Cl)c2)cc1. The molecule has 2 N–H and O–H groups in total. The maximum absolute atomic E-state index is 13.1. The molecule has 0 heterocycles. The van der Waals surface area contributed by atoms with Crippen molar-refractivity contribution >= 4 is 46.5 Å². The highest BCUT2D eigenvalue weighted by atomic mass is 35.5. The molecule has 0 aliphatic heterocycles. The number of anilines is 2. The molecule has 2 aromatic carbocycles. The summed E-state index contributed by atoms with van der Waals surface area (Å²) in [7, 11) is 1.60. The lowest BCUT2D eigenvalue weighted by Crippen LogP contribution is -2.38. The van der Waals surface area contributed by atoms with Crippen molar-refractivity contribution in [1.29, 1.82) is 0 Å². The Morgan fingerprint density at radius 3 is 2.41 bits per heavy atom. The number of carbonyl (C=O) groups excluding carboxylic acids is 2. The minimum absolute atomic E-state index is 0.124. The van der Waals surface area contributed by atoms with Crippen LogP contribution in [0.2, 0.25) is 10.0 Å². The quantitative estimate of drug-likeness (QED) is 0.449. The van der Waals surface area contributed by atoms with Gasteiger partial charge >= 0.3 is 6.03 Å². The number of carbonyl (C=O) groups is 2. The van der Waals surface area contributed by atoms with Gasteiger partial charge in [0.1, 0.15) is 5.75 Å². The maximum atomic E-state index is 13.1. The average Bonchev–Trinajstić information content (AvgIpc) is 2.82. The lowest BCUT2D eigenvalue weighted by molar-refractivity contribution is -0.125. The van der Waals surface area contributed by atoms with Crippen LogP contribution in [0.5, 0.6) is 5.75 Å². The van der Waals surface area contributed by atoms with Gasteiger partial charge in [0.2, 0.25) is 5.91 Å². The summed E-state index contributed by atoms with van der Waals surface area (Å²) in [5.41, 5.74) is 1.27. The number of rotatable bonds is 8. The zero-order valence-corrected chi connectivity index (χ0v) is 19.7. The number of methoxy groups -OCH3 is 1. The van der Waals surface area contributed by atoms with E-state index in [4.69, 9.17) is 27.9 Å². The molecule has 32 heavy (non-hydrogen) atoms. The minimum atomic E-state index is -0.299. The fourth-order valence-electron chi connectivity index (χ4n) is 3.83. The molecule has 3 rings (SSSR count). The number of hydrogen-bond acceptors (Lipinski definition) is 3. The van der Waals surface area contributed by atoms with Gasteiger partial charge in [0, 0.05) is 30.4 Å². The fourth-order valence-corrected chi connectivity index (χ4v) is 4.13. The molecular formula is C24H29Cl2N3O3. The monoisotopic (exact) mass is 477 g/mol. The molecule has 3 amide bonds. The number of urea groups is 1. The lowest BCUT2D eigenvalue weighted by atomic mass is 9.89. The summed E-state index contributed by atoms with van der Waals surface area (Å²) in [6, 6.07) is 11.9. The second-order valence-electron chi connectivity index (χ2n) is 7.89. The molecule has 1 fully saturated rings. The zero-order chi connectivity index (χ0) is 22.9. The highest BCUT2D eigenvalue weighted by molar-refractivity contribution is 6.42. The van der Waals surface area contributed by atoms with Gasteiger partial charge in [0.05, 0.1) is 17.2 Å². The van der Waals surface area contributed by atoms with E-state index in [2.05, 4.69) is 10.6 Å². The highest BCUT2D eigenvalue weighted by Gasteiger charge is 2.21. The third-order valence-corrected chi connectivity index (χ3v) is 6.37. The zero-order valence-electron chi connectivity index (χ0n) is 18.2. The first kappa shape index (κ1) is 24.2. The first-order valence-corrected chi connectivity index (χ1v) is 11.7. The third-order valence-electron chi connectivity index (χ3n) is 5.63. The maximum Gasteiger partial charge on any atom is 0.326 e. The van der Waals surface area contributed by atoms with Gasteiger partial charge in [-0.15, -0.1) is 0 Å². The van der Waals surface area contributed by atoms with Gasteiger partial charge in [0.25, 0.3) is 0 Å². The van der Waals surface area contributed by atoms with Crippen molar-refractivity contribution < 1.29 is 14.3 Å². The Kier molecular flexibility index (Phi) is 9.06. The van der Waals surface area contributed by atoms with Crippen LogP contribution in [0.4, 0.5) is 16.2 Å². The van der Waals surface area contributed by atoms with Crippen LogP contribution in [-0.4, -0.2) is 32.1 Å². The number of hydrogen-bond donors (Lipinski definition) is 2. The van der Waals surface area contributed by atoms with Crippen LogP contribution >= 0.6 is 23.2 Å². The molecule has 172 valence electrons. The molecule has 1 aliphatic carbocycles. The molecule has 0 bridgehead atoms. The van der Waals surface area contributed by atoms with Crippen molar-refractivity contribution in [2.75, 3.05) is 30.4 Å². The van der Waals surface area contributed by atoms with E-state index in [9.17, 15) is 9.59 Å². The number of nitrogens with zero attached hydrogens (tertiary/aromatic N) is 1. The van der Waals surface area contributed by atoms with E-state index in [1.54, 1.807) is 42.3 Å². The molecule has 0 radical (unpaired) electrons. The molecule has 0 unspecified atom stereocenters. The van der Waals surface area contributed by atoms with Crippen LogP contribution < -0.4 is 20.3 Å². The smallest absolute Gasteiger partial charge is 0.326 e. The van der Waals surface area contributed by atoms with Gasteiger partial charge in [-0.05, 0) is 61.7 Å². The van der Waals surface area contributed by atoms with Crippen LogP contribution in [0.3, 0.4) is 0 Å². The molecule has 1 aliphatic rings. The number of amides is 3. The average molecular weight is 478 g/mol. The Balaban J connectivity index is 1.62. The van der Waals surface area contributed by atoms with E-state index in [1.165, 1.54) is 6.42 Å². The van der Waals surface area contributed by atoms with Crippen LogP contribution in [-0.2, 0) is 4.79 Å². The highest BCUT2D eigenvalue weighted by Crippen LogP contribution is 2.26. The number of nitrogens with one attached hydrogen (secondary N) is 2. The Bertz CT molecular complexity index is 915. The molecule has 0 atom stereocenters. The molecule has 0 spiro atoms. The van der Waals surface area contributed by atoms with Crippen LogP contribution in [0.15, 0.2) is 42.5 Å². The second kappa shape index (κ2) is 12.0. The molecule has 0 aromatic heterocycles. The summed E-state index contributed by atoms with van der Waals surface area (Å²) >= 11 is 12.0. The summed E-state index contributed by atoms with van der Waals surface area (Å²) in [5.74, 6) is 0.957. The van der Waals surface area contributed by atoms with Crippen molar-refractivity contribution in [1.82, 2.24) is 5.32 Å². The second-order valence-corrected chi connectivity index (χ2v) is 8.70. The summed E-state index contributed by atoms with van der Waals surface area (Å²) in [5, 5.41) is 6.68. The van der Waals surface area contributed by atoms with Crippen molar-refractivity contribution in [2.24, 2.45) is 5.92 Å². The van der Waals surface area contributed by atoms with E-state index < -0.39 is 0 Å². The van der Waals surface area contributed by atoms with Crippen LogP contribution in [0, 0.1) is 5.92 Å². The van der Waals surface area contributed by atoms with Crippen molar-refractivity contribution in [3.63, 3.8) is 0 Å². The van der Waals surface area contributed by atoms with Crippen LogP contribution in [0.1, 0.15) is 38.5 Å². The summed E-state index contributed by atoms with van der Waals surface area (Å²) < 4.78 is 5.22. The van der Waals surface area contributed by atoms with E-state index in [-0.39, 0.29) is 17.9 Å². The van der Waals surface area contributed by atoms with E-state index >= 15 is 0 Å². The largest absolute Gasteiger partial charge is 0.497 e. The lowest BCUT2D eigenvalue weighted by Gasteiger charge is -2.24. The normalized spacial score (nSPS) is 14.0. The minimum Gasteiger partial charge on any atom is -0.497 e. The van der Waals surface area contributed by atoms with Crippen molar-refractivity contribution in [3.05, 3.63) is 52.5 Å². The summed E-state index contributed by atoms with van der Waals surface area (Å²) in [6.45, 7) is 0.951. The Morgan fingerprint density at radius 2 is 1.75 bits per heavy atom. The summed E-state index contributed by atoms with van der Waals surface area (Å²) in [4.78, 5) is 27.1. The van der Waals surface area contributed by atoms with Gasteiger partial charge in [-0.2, -0.15) is 0 Å². The first-order chi connectivity index (χ1) is 15.5. The Labute approximate surface area is 199 Å². The predicted octanol–water partition coefficient (Wildman–Crippen LogP) is 6.13. The molecule has 1 saturated carbocycles. The molecule has 2 aromatic rings. The number of ether oxygens (including phenoxy) is 1. The first-order valence-electron chi connectivity index (χ1n) is 10.9. The summed E-state index contributed by atoms with van der Waals surface area (Å²) in [6.07, 6.45) is 6.02. The van der Waals surface area contributed by atoms with Gasteiger partial charge < -0.3 is 15.4 Å². The molecule has 6 nitrogen and oxygen atoms in total. The van der Waals surface area contributed by atoms with Crippen molar-refractivity contribution in [2.45, 2.75) is 38.5 Å². The van der Waals surface area contributed by atoms with Gasteiger partial charge in [0.15, 0.2) is 0 Å².